The molecule has 4 atom stereocenters. The van der Waals surface area contributed by atoms with Gasteiger partial charge in [0.15, 0.2) is 11.6 Å². The van der Waals surface area contributed by atoms with Gasteiger partial charge in [-0.15, -0.1) is 0 Å². The lowest BCUT2D eigenvalue weighted by Gasteiger charge is -2.40. The van der Waals surface area contributed by atoms with Crippen LogP contribution in [0.3, 0.4) is 0 Å². The summed E-state index contributed by atoms with van der Waals surface area (Å²) in [5.74, 6) is -2.27. The number of hydrogen-bond donors (Lipinski definition) is 2. The highest BCUT2D eigenvalue weighted by Gasteiger charge is 2.47. The summed E-state index contributed by atoms with van der Waals surface area (Å²) in [5, 5.41) is 11.2. The van der Waals surface area contributed by atoms with Gasteiger partial charge in [-0.05, 0) is 85.1 Å². The van der Waals surface area contributed by atoms with Crippen molar-refractivity contribution in [3.63, 3.8) is 0 Å². The van der Waals surface area contributed by atoms with E-state index in [-0.39, 0.29) is 29.1 Å². The molecule has 5 rings (SSSR count). The summed E-state index contributed by atoms with van der Waals surface area (Å²) in [5.41, 5.74) is 2.93. The van der Waals surface area contributed by atoms with Crippen LogP contribution in [0.15, 0.2) is 59.1 Å². The van der Waals surface area contributed by atoms with Gasteiger partial charge in [0, 0.05) is 30.9 Å². The van der Waals surface area contributed by atoms with Gasteiger partial charge in [0.2, 0.25) is 0 Å². The van der Waals surface area contributed by atoms with Crippen LogP contribution in [0.4, 0.5) is 23.7 Å². The number of allylic oxidation sites excluding steroid dienone is 2. The molecule has 2 aliphatic carbocycles. The molecule has 1 saturated carbocycles. The van der Waals surface area contributed by atoms with Crippen molar-refractivity contribution in [3.8, 4) is 0 Å². The smallest absolute Gasteiger partial charge is 0.318 e. The van der Waals surface area contributed by atoms with Gasteiger partial charge in [0.1, 0.15) is 5.82 Å². The molecule has 4 unspecified atom stereocenters. The van der Waals surface area contributed by atoms with Crippen LogP contribution in [0.2, 0.25) is 0 Å². The highest BCUT2D eigenvalue weighted by atomic mass is 19.2. The molecule has 3 aliphatic rings. The number of urea groups is 1. The van der Waals surface area contributed by atoms with E-state index in [0.717, 1.165) is 24.6 Å². The molecule has 1 aliphatic heterocycles. The Kier molecular flexibility index (Phi) is 7.88. The van der Waals surface area contributed by atoms with Gasteiger partial charge in [-0.2, -0.15) is 0 Å². The Bertz CT molecular complexity index is 1290. The predicted molar refractivity (Wildman–Crippen MR) is 144 cm³/mol. The molecule has 2 aromatic carbocycles. The van der Waals surface area contributed by atoms with E-state index in [0.29, 0.717) is 50.4 Å². The number of nitrogens with zero attached hydrogens (tertiary/aromatic N) is 2. The van der Waals surface area contributed by atoms with Gasteiger partial charge in [-0.25, -0.2) is 18.0 Å². The lowest BCUT2D eigenvalue weighted by Crippen LogP contribution is -2.47. The van der Waals surface area contributed by atoms with Crippen LogP contribution in [0, 0.1) is 40.1 Å². The van der Waals surface area contributed by atoms with E-state index in [1.807, 2.05) is 0 Å². The molecule has 0 bridgehead atoms. The van der Waals surface area contributed by atoms with Crippen molar-refractivity contribution in [1.82, 2.24) is 10.2 Å². The molecule has 0 spiro atoms. The molecular weight excluding hydrogens is 505 g/mol. The molecule has 2 aromatic rings. The maximum absolute atomic E-state index is 14.2. The number of carbonyl (C=O) groups is 1. The summed E-state index contributed by atoms with van der Waals surface area (Å²) < 4.78 is 46.7. The van der Waals surface area contributed by atoms with Crippen molar-refractivity contribution in [2.45, 2.75) is 38.6 Å². The number of ether oxygens (including phenoxy) is 1. The Balaban J connectivity index is 1.41. The molecule has 2 amide bonds. The lowest BCUT2D eigenvalue weighted by atomic mass is 9.65. The summed E-state index contributed by atoms with van der Waals surface area (Å²) in [6.07, 6.45) is 6.41. The van der Waals surface area contributed by atoms with Gasteiger partial charge in [0.05, 0.1) is 24.9 Å². The minimum Gasteiger partial charge on any atom is -0.378 e. The minimum atomic E-state index is -0.945. The van der Waals surface area contributed by atoms with Crippen LogP contribution in [0.25, 0.3) is 0 Å². The van der Waals surface area contributed by atoms with E-state index in [1.54, 1.807) is 17.0 Å². The van der Waals surface area contributed by atoms with Crippen molar-refractivity contribution < 1.29 is 22.7 Å². The number of benzene rings is 2. The zero-order chi connectivity index (χ0) is 27.6. The highest BCUT2D eigenvalue weighted by molar-refractivity contribution is 6.08. The fraction of sp³-hybridized carbons (Fsp3) is 0.433. The lowest BCUT2D eigenvalue weighted by molar-refractivity contribution is 0.0520. The third-order valence-electron chi connectivity index (χ3n) is 8.49. The quantitative estimate of drug-likeness (QED) is 0.420. The summed E-state index contributed by atoms with van der Waals surface area (Å²) in [6, 6.07) is 9.03. The van der Waals surface area contributed by atoms with E-state index in [1.165, 1.54) is 36.1 Å². The standard InChI is InChI=1S/C30H33F3N4O2/c1-30-17-20(18-34)28(35-24-7-5-23(31)6-8-24)16-22(30)4-3-21(30)15-27(19-2-9-25(32)26(33)14-19)36-29(38)37-10-12-39-13-11-37/h2,5-9,14,16,18,20-21,27,34H,3-4,10-13,15,17H2,1H3,(H,36,38). The summed E-state index contributed by atoms with van der Waals surface area (Å²) >= 11 is 0. The number of nitrogens with one attached hydrogen (secondary N) is 2. The van der Waals surface area contributed by atoms with Crippen molar-refractivity contribution in [1.29, 1.82) is 5.41 Å². The number of fused-ring (bicyclic) bond motifs is 1. The molecular formula is C30H33F3N4O2. The van der Waals surface area contributed by atoms with Gasteiger partial charge in [-0.1, -0.05) is 18.6 Å². The van der Waals surface area contributed by atoms with E-state index in [2.05, 4.69) is 18.3 Å². The third-order valence-corrected chi connectivity index (χ3v) is 8.49. The first-order valence-corrected chi connectivity index (χ1v) is 13.4. The van der Waals surface area contributed by atoms with Crippen LogP contribution in [0.1, 0.15) is 44.2 Å². The van der Waals surface area contributed by atoms with Crippen LogP contribution >= 0.6 is 0 Å². The minimum absolute atomic E-state index is 0.140. The van der Waals surface area contributed by atoms with Gasteiger partial charge in [0.25, 0.3) is 0 Å². The Morgan fingerprint density at radius 1 is 1.18 bits per heavy atom. The fourth-order valence-electron chi connectivity index (χ4n) is 6.18. The fourth-order valence-corrected chi connectivity index (χ4v) is 6.18. The van der Waals surface area contributed by atoms with Crippen molar-refractivity contribution in [3.05, 3.63) is 77.1 Å². The van der Waals surface area contributed by atoms with E-state index >= 15 is 0 Å². The monoisotopic (exact) mass is 538 g/mol. The largest absolute Gasteiger partial charge is 0.378 e. The van der Waals surface area contributed by atoms with Crippen LogP contribution in [-0.4, -0.2) is 49.2 Å². The molecule has 39 heavy (non-hydrogen) atoms. The van der Waals surface area contributed by atoms with Gasteiger partial charge < -0.3 is 20.4 Å². The molecule has 2 fully saturated rings. The Hall–Kier alpha value is -3.46. The molecule has 6 nitrogen and oxygen atoms in total. The molecule has 0 radical (unpaired) electrons. The molecule has 206 valence electrons. The number of halogens is 3. The first-order valence-electron chi connectivity index (χ1n) is 13.4. The van der Waals surface area contributed by atoms with Crippen LogP contribution in [-0.2, 0) is 4.74 Å². The Morgan fingerprint density at radius 2 is 1.92 bits per heavy atom. The first kappa shape index (κ1) is 27.1. The molecule has 1 heterocycles. The number of rotatable bonds is 6. The zero-order valence-corrected chi connectivity index (χ0v) is 21.9. The number of morpholine rings is 1. The molecule has 0 aromatic heterocycles. The predicted octanol–water partition coefficient (Wildman–Crippen LogP) is 6.36. The Morgan fingerprint density at radius 3 is 2.62 bits per heavy atom. The van der Waals surface area contributed by atoms with Crippen molar-refractivity contribution in [2.75, 3.05) is 26.3 Å². The maximum Gasteiger partial charge on any atom is 0.318 e. The molecule has 2 N–H and O–H groups in total. The second-order valence-corrected chi connectivity index (χ2v) is 10.8. The topological polar surface area (TPSA) is 77.8 Å². The number of aliphatic imine (C=N–C) groups is 1. The number of carbonyl (C=O) groups excluding carboxylic acids is 1. The first-order chi connectivity index (χ1) is 18.8. The second kappa shape index (κ2) is 11.3. The average molecular weight is 539 g/mol. The van der Waals surface area contributed by atoms with Gasteiger partial charge >= 0.3 is 6.03 Å². The van der Waals surface area contributed by atoms with E-state index in [9.17, 15) is 18.0 Å². The molecule has 1 saturated heterocycles. The summed E-state index contributed by atoms with van der Waals surface area (Å²) in [7, 11) is 0. The van der Waals surface area contributed by atoms with Crippen LogP contribution in [0.5, 0.6) is 0 Å². The normalized spacial score (nSPS) is 26.6. The molecule has 9 heteroatoms. The summed E-state index contributed by atoms with van der Waals surface area (Å²) in [4.78, 5) is 19.5. The zero-order valence-electron chi connectivity index (χ0n) is 21.9. The number of hydrogen-bond acceptors (Lipinski definition) is 4. The van der Waals surface area contributed by atoms with Gasteiger partial charge in [-0.3, -0.25) is 4.99 Å². The number of amides is 2. The highest BCUT2D eigenvalue weighted by Crippen LogP contribution is 2.56. The Labute approximate surface area is 226 Å². The second-order valence-electron chi connectivity index (χ2n) is 10.8. The summed E-state index contributed by atoms with van der Waals surface area (Å²) in [6.45, 7) is 4.06. The van der Waals surface area contributed by atoms with Crippen molar-refractivity contribution in [2.24, 2.45) is 22.2 Å². The average Bonchev–Trinajstić information content (AvgIpc) is 3.25. The van der Waals surface area contributed by atoms with Crippen LogP contribution < -0.4 is 5.32 Å². The van der Waals surface area contributed by atoms with Crippen molar-refractivity contribution >= 4 is 23.6 Å². The van der Waals surface area contributed by atoms with E-state index in [4.69, 9.17) is 15.1 Å². The van der Waals surface area contributed by atoms with E-state index < -0.39 is 17.7 Å². The maximum atomic E-state index is 14.2. The third kappa shape index (κ3) is 5.78. The SMILES string of the molecule is CC12CC(C=N)C(=Nc3ccc(F)cc3)C=C1CCC2CC(NC(=O)N1CCOCC1)c1ccc(F)c(F)c1.